The van der Waals surface area contributed by atoms with Crippen molar-refractivity contribution < 1.29 is 23.9 Å². The van der Waals surface area contributed by atoms with Crippen molar-refractivity contribution in [3.8, 4) is 0 Å². The molecule has 0 bridgehead atoms. The van der Waals surface area contributed by atoms with Crippen molar-refractivity contribution in [1.82, 2.24) is 10.2 Å². The smallest absolute Gasteiger partial charge is 0.329 e. The normalized spacial score (nSPS) is 15.5. The molecule has 7 nitrogen and oxygen atoms in total. The first-order valence-electron chi connectivity index (χ1n) is 8.00. The Labute approximate surface area is 160 Å². The maximum Gasteiger partial charge on any atom is 0.329 e. The molecule has 2 rings (SSSR count). The van der Waals surface area contributed by atoms with E-state index in [2.05, 4.69) is 5.32 Å². The molecule has 9 heteroatoms. The molecule has 0 fully saturated rings. The van der Waals surface area contributed by atoms with Gasteiger partial charge in [0.25, 0.3) is 17.7 Å². The minimum absolute atomic E-state index is 0.0515. The van der Waals surface area contributed by atoms with E-state index in [1.54, 1.807) is 0 Å². The Kier molecular flexibility index (Phi) is 6.26. The third-order valence-corrected chi connectivity index (χ3v) is 4.77. The summed E-state index contributed by atoms with van der Waals surface area (Å²) in [5.74, 6) is -2.66. The van der Waals surface area contributed by atoms with Crippen LogP contribution >= 0.6 is 23.2 Å². The van der Waals surface area contributed by atoms with Crippen molar-refractivity contribution in [3.05, 3.63) is 33.3 Å². The van der Waals surface area contributed by atoms with E-state index >= 15 is 0 Å². The quantitative estimate of drug-likeness (QED) is 0.584. The fourth-order valence-corrected chi connectivity index (χ4v) is 2.71. The third-order valence-electron chi connectivity index (χ3n) is 4.05. The Morgan fingerprint density at radius 3 is 2.08 bits per heavy atom. The summed E-state index contributed by atoms with van der Waals surface area (Å²) in [6, 6.07) is 1.33. The summed E-state index contributed by atoms with van der Waals surface area (Å²) in [6.45, 7) is 4.57. The van der Waals surface area contributed by atoms with E-state index in [-0.39, 0.29) is 27.2 Å². The molecule has 0 aromatic heterocycles. The zero-order valence-electron chi connectivity index (χ0n) is 14.5. The molecule has 1 aliphatic heterocycles. The summed E-state index contributed by atoms with van der Waals surface area (Å²) in [4.78, 5) is 49.5. The van der Waals surface area contributed by atoms with Gasteiger partial charge < -0.3 is 10.1 Å². The van der Waals surface area contributed by atoms with E-state index in [0.717, 1.165) is 11.3 Å². The number of nitrogens with zero attached hydrogens (tertiary/aromatic N) is 1. The molecular weight excluding hydrogens is 383 g/mol. The van der Waals surface area contributed by atoms with Crippen molar-refractivity contribution in [2.45, 2.75) is 39.3 Å². The van der Waals surface area contributed by atoms with E-state index in [1.807, 2.05) is 13.8 Å². The molecular formula is C17H18Cl2N2O5. The molecule has 1 heterocycles. The SMILES string of the molecule is CC[C@@H](C)NC(=O)COC(=O)[C@H](C)N1C(=O)c2cc(Cl)c(Cl)cc2C1=O. The number of rotatable bonds is 6. The zero-order chi connectivity index (χ0) is 19.6. The average Bonchev–Trinajstić information content (AvgIpc) is 2.83. The van der Waals surface area contributed by atoms with Crippen LogP contribution in [0.4, 0.5) is 0 Å². The number of hydrogen-bond acceptors (Lipinski definition) is 5. The number of carbonyl (C=O) groups is 4. The van der Waals surface area contributed by atoms with E-state index < -0.39 is 36.3 Å². The first-order chi connectivity index (χ1) is 12.2. The highest BCUT2D eigenvalue weighted by atomic mass is 35.5. The number of nitrogens with one attached hydrogen (secondary N) is 1. The molecule has 0 radical (unpaired) electrons. The number of carbonyl (C=O) groups excluding carboxylic acids is 4. The molecule has 0 saturated heterocycles. The molecule has 1 aliphatic rings. The van der Waals surface area contributed by atoms with Gasteiger partial charge in [-0.3, -0.25) is 19.3 Å². The van der Waals surface area contributed by atoms with Crippen LogP contribution in [0.2, 0.25) is 10.0 Å². The molecule has 0 unspecified atom stereocenters. The van der Waals surface area contributed by atoms with Gasteiger partial charge in [-0.05, 0) is 32.4 Å². The van der Waals surface area contributed by atoms with Gasteiger partial charge in [0.15, 0.2) is 6.61 Å². The van der Waals surface area contributed by atoms with Crippen LogP contribution in [0.25, 0.3) is 0 Å². The number of halogens is 2. The predicted molar refractivity (Wildman–Crippen MR) is 95.3 cm³/mol. The predicted octanol–water partition coefficient (Wildman–Crippen LogP) is 2.44. The summed E-state index contributed by atoms with van der Waals surface area (Å²) in [6.07, 6.45) is 0.732. The molecule has 2 atom stereocenters. The van der Waals surface area contributed by atoms with Crippen molar-refractivity contribution in [1.29, 1.82) is 0 Å². The topological polar surface area (TPSA) is 92.8 Å². The number of hydrogen-bond donors (Lipinski definition) is 1. The number of ether oxygens (including phenoxy) is 1. The van der Waals surface area contributed by atoms with Crippen LogP contribution in [-0.2, 0) is 14.3 Å². The highest BCUT2D eigenvalue weighted by Gasteiger charge is 2.42. The first kappa shape index (κ1) is 20.2. The van der Waals surface area contributed by atoms with Crippen LogP contribution < -0.4 is 5.32 Å². The van der Waals surface area contributed by atoms with E-state index in [1.165, 1.54) is 19.1 Å². The van der Waals surface area contributed by atoms with Gasteiger partial charge in [-0.15, -0.1) is 0 Å². The van der Waals surface area contributed by atoms with Crippen LogP contribution in [0.15, 0.2) is 12.1 Å². The van der Waals surface area contributed by atoms with Crippen molar-refractivity contribution in [3.63, 3.8) is 0 Å². The van der Waals surface area contributed by atoms with Gasteiger partial charge in [-0.2, -0.15) is 0 Å². The second kappa shape index (κ2) is 8.05. The second-order valence-electron chi connectivity index (χ2n) is 5.95. The highest BCUT2D eigenvalue weighted by Crippen LogP contribution is 2.32. The largest absolute Gasteiger partial charge is 0.454 e. The lowest BCUT2D eigenvalue weighted by Crippen LogP contribution is -2.45. The van der Waals surface area contributed by atoms with Gasteiger partial charge >= 0.3 is 5.97 Å². The molecule has 3 amide bonds. The van der Waals surface area contributed by atoms with E-state index in [4.69, 9.17) is 27.9 Å². The Bertz CT molecular complexity index is 740. The molecule has 1 aromatic rings. The summed E-state index contributed by atoms with van der Waals surface area (Å²) < 4.78 is 4.92. The lowest BCUT2D eigenvalue weighted by atomic mass is 10.1. The van der Waals surface area contributed by atoms with Crippen LogP contribution in [0.3, 0.4) is 0 Å². The Morgan fingerprint density at radius 2 is 1.62 bits per heavy atom. The Morgan fingerprint density at radius 1 is 1.12 bits per heavy atom. The first-order valence-corrected chi connectivity index (χ1v) is 8.75. The maximum atomic E-state index is 12.5. The summed E-state index contributed by atoms with van der Waals surface area (Å²) in [5.41, 5.74) is 0.136. The number of imide groups is 1. The van der Waals surface area contributed by atoms with Gasteiger partial charge in [0.2, 0.25) is 0 Å². The number of benzene rings is 1. The summed E-state index contributed by atoms with van der Waals surface area (Å²) in [5, 5.41) is 2.90. The van der Waals surface area contributed by atoms with E-state index in [0.29, 0.717) is 0 Å². The monoisotopic (exact) mass is 400 g/mol. The minimum Gasteiger partial charge on any atom is -0.454 e. The lowest BCUT2D eigenvalue weighted by molar-refractivity contribution is -0.152. The molecule has 26 heavy (non-hydrogen) atoms. The maximum absolute atomic E-state index is 12.5. The Balaban J connectivity index is 2.07. The fourth-order valence-electron chi connectivity index (χ4n) is 2.39. The molecule has 1 N–H and O–H groups in total. The highest BCUT2D eigenvalue weighted by molar-refractivity contribution is 6.43. The van der Waals surface area contributed by atoms with Gasteiger partial charge in [-0.1, -0.05) is 30.1 Å². The molecule has 1 aromatic carbocycles. The van der Waals surface area contributed by atoms with Gasteiger partial charge in [0.1, 0.15) is 6.04 Å². The van der Waals surface area contributed by atoms with Gasteiger partial charge in [0, 0.05) is 6.04 Å². The van der Waals surface area contributed by atoms with Crippen molar-refractivity contribution in [2.75, 3.05) is 6.61 Å². The summed E-state index contributed by atoms with van der Waals surface area (Å²) >= 11 is 11.8. The number of esters is 1. The molecule has 0 saturated carbocycles. The number of amides is 3. The molecule has 140 valence electrons. The number of fused-ring (bicyclic) bond motifs is 1. The standard InChI is InChI=1S/C17H18Cl2N2O5/c1-4-8(2)20-14(22)7-26-17(25)9(3)21-15(23)10-5-12(18)13(19)6-11(10)16(21)24/h5-6,8-9H,4,7H2,1-3H3,(H,20,22)/t8-,9+/m1/s1. The molecule has 0 aliphatic carbocycles. The second-order valence-corrected chi connectivity index (χ2v) is 6.77. The van der Waals surface area contributed by atoms with Gasteiger partial charge in [0.05, 0.1) is 21.2 Å². The minimum atomic E-state index is -1.20. The van der Waals surface area contributed by atoms with Gasteiger partial charge in [-0.25, -0.2) is 4.79 Å². The van der Waals surface area contributed by atoms with Crippen LogP contribution in [0.5, 0.6) is 0 Å². The van der Waals surface area contributed by atoms with E-state index in [9.17, 15) is 19.2 Å². The van der Waals surface area contributed by atoms with Crippen LogP contribution in [-0.4, -0.2) is 47.3 Å². The van der Waals surface area contributed by atoms with Crippen molar-refractivity contribution in [2.24, 2.45) is 0 Å². The van der Waals surface area contributed by atoms with Crippen LogP contribution in [0, 0.1) is 0 Å². The molecule has 0 spiro atoms. The average molecular weight is 401 g/mol. The lowest BCUT2D eigenvalue weighted by Gasteiger charge is -2.21. The third kappa shape index (κ3) is 3.99. The Hall–Kier alpha value is -2.12. The fraction of sp³-hybridized carbons (Fsp3) is 0.412. The summed E-state index contributed by atoms with van der Waals surface area (Å²) in [7, 11) is 0. The van der Waals surface area contributed by atoms with Crippen LogP contribution in [0.1, 0.15) is 47.9 Å². The van der Waals surface area contributed by atoms with Crippen molar-refractivity contribution >= 4 is 46.9 Å². The zero-order valence-corrected chi connectivity index (χ0v) is 16.0.